The van der Waals surface area contributed by atoms with Crippen molar-refractivity contribution in [3.05, 3.63) is 28.6 Å². The Morgan fingerprint density at radius 3 is 2.81 bits per heavy atom. The van der Waals surface area contributed by atoms with Gasteiger partial charge in [0.05, 0.1) is 12.4 Å². The number of rotatable bonds is 4. The Kier molecular flexibility index (Phi) is 3.52. The summed E-state index contributed by atoms with van der Waals surface area (Å²) < 4.78 is 29.2. The highest BCUT2D eigenvalue weighted by atomic mass is 79.9. The zero-order chi connectivity index (χ0) is 15.0. The molecule has 0 aliphatic rings. The number of fused-ring (bicyclic) bond motifs is 1. The van der Waals surface area contributed by atoms with Gasteiger partial charge in [0.25, 0.3) is 10.0 Å². The standard InChI is InChI=1S/C9H8BrN7O2S2/c10-5-3-13-6(4-12-5)16-21(18,19)8-7(15-11)14-9-17(8)1-2-20-9/h1-4,15H,11H2,(H,13,16). The van der Waals surface area contributed by atoms with E-state index in [1.54, 1.807) is 11.6 Å². The van der Waals surface area contributed by atoms with E-state index < -0.39 is 10.0 Å². The molecule has 0 bridgehead atoms. The second-order valence-electron chi connectivity index (χ2n) is 3.80. The van der Waals surface area contributed by atoms with Gasteiger partial charge in [0, 0.05) is 11.6 Å². The van der Waals surface area contributed by atoms with Crippen molar-refractivity contribution in [3.8, 4) is 0 Å². The largest absolute Gasteiger partial charge is 0.306 e. The second kappa shape index (κ2) is 5.22. The molecule has 0 aliphatic carbocycles. The topological polar surface area (TPSA) is 127 Å². The zero-order valence-electron chi connectivity index (χ0n) is 10.2. The number of imidazole rings is 1. The third kappa shape index (κ3) is 2.57. The molecule has 12 heteroatoms. The number of nitrogens with two attached hydrogens (primary N) is 1. The molecule has 3 aromatic heterocycles. The molecule has 4 N–H and O–H groups in total. The highest BCUT2D eigenvalue weighted by Gasteiger charge is 2.26. The number of nitrogens with one attached hydrogen (secondary N) is 2. The molecule has 3 rings (SSSR count). The van der Waals surface area contributed by atoms with Gasteiger partial charge in [0.2, 0.25) is 5.03 Å². The summed E-state index contributed by atoms with van der Waals surface area (Å²) in [4.78, 5) is 12.4. The highest BCUT2D eigenvalue weighted by Crippen LogP contribution is 2.26. The fraction of sp³-hybridized carbons (Fsp3) is 0. The summed E-state index contributed by atoms with van der Waals surface area (Å²) in [5, 5.41) is 1.63. The molecule has 0 atom stereocenters. The minimum Gasteiger partial charge on any atom is -0.306 e. The first kappa shape index (κ1) is 14.2. The average molecular weight is 390 g/mol. The molecule has 110 valence electrons. The van der Waals surface area contributed by atoms with Crippen molar-refractivity contribution in [2.45, 2.75) is 5.03 Å². The molecular weight excluding hydrogens is 382 g/mol. The normalized spacial score (nSPS) is 11.7. The summed E-state index contributed by atoms with van der Waals surface area (Å²) >= 11 is 4.42. The molecule has 0 saturated heterocycles. The molecule has 9 nitrogen and oxygen atoms in total. The summed E-state index contributed by atoms with van der Waals surface area (Å²) in [5.41, 5.74) is 2.28. The predicted octanol–water partition coefficient (Wildman–Crippen LogP) is 1.03. The van der Waals surface area contributed by atoms with Crippen molar-refractivity contribution in [1.29, 1.82) is 0 Å². The maximum Gasteiger partial charge on any atom is 0.283 e. The van der Waals surface area contributed by atoms with E-state index in [-0.39, 0.29) is 16.7 Å². The lowest BCUT2D eigenvalue weighted by Crippen LogP contribution is -2.19. The molecule has 0 aromatic carbocycles. The van der Waals surface area contributed by atoms with Crippen LogP contribution in [-0.4, -0.2) is 27.8 Å². The van der Waals surface area contributed by atoms with E-state index >= 15 is 0 Å². The van der Waals surface area contributed by atoms with Crippen LogP contribution in [0, 0.1) is 0 Å². The summed E-state index contributed by atoms with van der Waals surface area (Å²) in [6.45, 7) is 0. The number of halogens is 1. The van der Waals surface area contributed by atoms with Crippen molar-refractivity contribution in [2.24, 2.45) is 5.84 Å². The van der Waals surface area contributed by atoms with Crippen LogP contribution < -0.4 is 16.0 Å². The van der Waals surface area contributed by atoms with Crippen LogP contribution in [0.4, 0.5) is 11.6 Å². The Balaban J connectivity index is 2.07. The van der Waals surface area contributed by atoms with E-state index in [1.165, 1.54) is 28.1 Å². The highest BCUT2D eigenvalue weighted by molar-refractivity contribution is 9.10. The van der Waals surface area contributed by atoms with E-state index in [9.17, 15) is 8.42 Å². The van der Waals surface area contributed by atoms with Crippen LogP contribution in [0.1, 0.15) is 0 Å². The summed E-state index contributed by atoms with van der Waals surface area (Å²) in [6, 6.07) is 0. The number of nitrogens with zero attached hydrogens (tertiary/aromatic N) is 4. The Hall–Kier alpha value is -1.76. The molecule has 0 fully saturated rings. The predicted molar refractivity (Wildman–Crippen MR) is 81.4 cm³/mol. The van der Waals surface area contributed by atoms with Crippen molar-refractivity contribution < 1.29 is 8.42 Å². The van der Waals surface area contributed by atoms with E-state index in [4.69, 9.17) is 5.84 Å². The number of hydrogen-bond donors (Lipinski definition) is 3. The zero-order valence-corrected chi connectivity index (χ0v) is 13.4. The van der Waals surface area contributed by atoms with Crippen molar-refractivity contribution in [2.75, 3.05) is 10.1 Å². The molecule has 0 radical (unpaired) electrons. The van der Waals surface area contributed by atoms with E-state index in [2.05, 4.69) is 41.0 Å². The van der Waals surface area contributed by atoms with Gasteiger partial charge in [0.15, 0.2) is 16.6 Å². The Morgan fingerprint density at radius 1 is 1.33 bits per heavy atom. The minimum atomic E-state index is -3.93. The molecule has 0 spiro atoms. The van der Waals surface area contributed by atoms with Gasteiger partial charge in [-0.1, -0.05) is 0 Å². The third-order valence-electron chi connectivity index (χ3n) is 2.47. The summed E-state index contributed by atoms with van der Waals surface area (Å²) in [6.07, 6.45) is 4.27. The molecule has 0 amide bonds. The number of anilines is 2. The van der Waals surface area contributed by atoms with Gasteiger partial charge in [-0.05, 0) is 15.9 Å². The van der Waals surface area contributed by atoms with Gasteiger partial charge in [0.1, 0.15) is 4.60 Å². The van der Waals surface area contributed by atoms with Crippen LogP contribution in [0.3, 0.4) is 0 Å². The van der Waals surface area contributed by atoms with E-state index in [0.29, 0.717) is 9.56 Å². The van der Waals surface area contributed by atoms with Gasteiger partial charge in [-0.3, -0.25) is 9.12 Å². The number of hydrazine groups is 1. The van der Waals surface area contributed by atoms with Crippen LogP contribution >= 0.6 is 27.3 Å². The molecule has 0 aliphatic heterocycles. The third-order valence-corrected chi connectivity index (χ3v) is 5.01. The minimum absolute atomic E-state index is 0.0550. The maximum absolute atomic E-state index is 12.5. The number of hydrogen-bond acceptors (Lipinski definition) is 8. The van der Waals surface area contributed by atoms with Gasteiger partial charge in [-0.25, -0.2) is 15.8 Å². The van der Waals surface area contributed by atoms with Crippen molar-refractivity contribution in [1.82, 2.24) is 19.4 Å². The number of sulfonamides is 1. The van der Waals surface area contributed by atoms with Gasteiger partial charge >= 0.3 is 0 Å². The first-order valence-electron chi connectivity index (χ1n) is 5.44. The smallest absolute Gasteiger partial charge is 0.283 e. The van der Waals surface area contributed by atoms with E-state index in [1.807, 2.05) is 0 Å². The maximum atomic E-state index is 12.5. The molecule has 3 heterocycles. The molecule has 21 heavy (non-hydrogen) atoms. The SMILES string of the molecule is NNc1nc2sccn2c1S(=O)(=O)Nc1cnc(Br)cn1. The molecular formula is C9H8BrN7O2S2. The fourth-order valence-electron chi connectivity index (χ4n) is 1.67. The second-order valence-corrected chi connectivity index (χ2v) is 7.08. The van der Waals surface area contributed by atoms with Crippen LogP contribution in [-0.2, 0) is 10.0 Å². The lowest BCUT2D eigenvalue weighted by atomic mass is 10.7. The first-order chi connectivity index (χ1) is 10.0. The lowest BCUT2D eigenvalue weighted by Gasteiger charge is -2.07. The Morgan fingerprint density at radius 2 is 2.14 bits per heavy atom. The number of aromatic nitrogens is 4. The van der Waals surface area contributed by atoms with Crippen LogP contribution in [0.5, 0.6) is 0 Å². The van der Waals surface area contributed by atoms with Crippen LogP contribution in [0.15, 0.2) is 33.6 Å². The number of thiazole rings is 1. The van der Waals surface area contributed by atoms with Gasteiger partial charge in [-0.15, -0.1) is 11.3 Å². The monoisotopic (exact) mass is 389 g/mol. The summed E-state index contributed by atoms with van der Waals surface area (Å²) in [5.74, 6) is 5.48. The van der Waals surface area contributed by atoms with Gasteiger partial charge in [-0.2, -0.15) is 13.4 Å². The number of nitrogen functional groups attached to an aromatic ring is 1. The molecule has 3 aromatic rings. The molecule has 0 unspecified atom stereocenters. The Labute approximate surface area is 131 Å². The Bertz CT molecular complexity index is 887. The lowest BCUT2D eigenvalue weighted by molar-refractivity contribution is 0.597. The van der Waals surface area contributed by atoms with Gasteiger partial charge < -0.3 is 5.43 Å². The van der Waals surface area contributed by atoms with Crippen molar-refractivity contribution in [3.63, 3.8) is 0 Å². The van der Waals surface area contributed by atoms with E-state index in [0.717, 1.165) is 0 Å². The summed E-state index contributed by atoms with van der Waals surface area (Å²) in [7, 11) is -3.93. The fourth-order valence-corrected chi connectivity index (χ4v) is 3.89. The quantitative estimate of drug-likeness (QED) is 0.449. The average Bonchev–Trinajstić information content (AvgIpc) is 3.00. The van der Waals surface area contributed by atoms with Crippen molar-refractivity contribution >= 4 is 53.9 Å². The molecule has 0 saturated carbocycles. The van der Waals surface area contributed by atoms with Crippen LogP contribution in [0.25, 0.3) is 4.96 Å². The van der Waals surface area contributed by atoms with Crippen LogP contribution in [0.2, 0.25) is 0 Å². The first-order valence-corrected chi connectivity index (χ1v) is 8.59.